The van der Waals surface area contributed by atoms with Crippen LogP contribution >= 0.6 is 0 Å². The molecule has 142 valence electrons. The lowest BCUT2D eigenvalue weighted by Crippen LogP contribution is -2.34. The summed E-state index contributed by atoms with van der Waals surface area (Å²) in [5, 5.41) is 14.3. The second-order valence-electron chi connectivity index (χ2n) is 6.79. The molecule has 28 heavy (non-hydrogen) atoms. The SMILES string of the molecule is COc1cc(C#N)c2nc(N3CCC(=O)CC3)c(-c3nc(C)no3)c(C)c2c1. The van der Waals surface area contributed by atoms with Gasteiger partial charge in [0.2, 0.25) is 0 Å². The van der Waals surface area contributed by atoms with Crippen molar-refractivity contribution < 1.29 is 14.1 Å². The van der Waals surface area contributed by atoms with E-state index in [1.807, 2.05) is 17.9 Å². The Bertz CT molecular complexity index is 1120. The van der Waals surface area contributed by atoms with Crippen molar-refractivity contribution in [2.45, 2.75) is 26.7 Å². The van der Waals surface area contributed by atoms with Gasteiger partial charge >= 0.3 is 0 Å². The third-order valence-corrected chi connectivity index (χ3v) is 5.02. The molecule has 0 aliphatic carbocycles. The van der Waals surface area contributed by atoms with Crippen molar-refractivity contribution in [3.63, 3.8) is 0 Å². The Morgan fingerprint density at radius 1 is 1.21 bits per heavy atom. The lowest BCUT2D eigenvalue weighted by molar-refractivity contribution is -0.119. The molecule has 1 aliphatic heterocycles. The van der Waals surface area contributed by atoms with Crippen LogP contribution in [0.4, 0.5) is 5.82 Å². The molecule has 8 nitrogen and oxygen atoms in total. The van der Waals surface area contributed by atoms with Crippen LogP contribution in [0.15, 0.2) is 16.7 Å². The van der Waals surface area contributed by atoms with Gasteiger partial charge in [-0.05, 0) is 25.5 Å². The van der Waals surface area contributed by atoms with Gasteiger partial charge in [0.05, 0.1) is 23.8 Å². The molecule has 8 heteroatoms. The summed E-state index contributed by atoms with van der Waals surface area (Å²) in [6.45, 7) is 4.83. The Hall–Kier alpha value is -3.47. The minimum absolute atomic E-state index is 0.242. The number of hydrogen-bond acceptors (Lipinski definition) is 8. The molecule has 1 saturated heterocycles. The number of rotatable bonds is 3. The minimum atomic E-state index is 0.242. The van der Waals surface area contributed by atoms with Crippen molar-refractivity contribution in [2.24, 2.45) is 0 Å². The van der Waals surface area contributed by atoms with Crippen molar-refractivity contribution >= 4 is 22.5 Å². The molecule has 0 spiro atoms. The summed E-state index contributed by atoms with van der Waals surface area (Å²) < 4.78 is 10.8. The summed E-state index contributed by atoms with van der Waals surface area (Å²) in [5.74, 6) is 2.38. The molecule has 0 bridgehead atoms. The van der Waals surface area contributed by atoms with Gasteiger partial charge in [-0.15, -0.1) is 0 Å². The molecule has 3 heterocycles. The maximum absolute atomic E-state index is 11.7. The third-order valence-electron chi connectivity index (χ3n) is 5.02. The highest BCUT2D eigenvalue weighted by molar-refractivity contribution is 5.96. The summed E-state index contributed by atoms with van der Waals surface area (Å²) >= 11 is 0. The molecule has 1 aliphatic rings. The number of aromatic nitrogens is 3. The van der Waals surface area contributed by atoms with E-state index in [1.165, 1.54) is 0 Å². The van der Waals surface area contributed by atoms with E-state index in [-0.39, 0.29) is 5.78 Å². The number of pyridine rings is 1. The van der Waals surface area contributed by atoms with Gasteiger partial charge in [-0.3, -0.25) is 4.79 Å². The molecular formula is C20H19N5O3. The maximum atomic E-state index is 11.7. The number of hydrogen-bond donors (Lipinski definition) is 0. The van der Waals surface area contributed by atoms with E-state index in [9.17, 15) is 10.1 Å². The number of methoxy groups -OCH3 is 1. The molecule has 0 saturated carbocycles. The normalized spacial score (nSPS) is 14.4. The smallest absolute Gasteiger partial charge is 0.261 e. The van der Waals surface area contributed by atoms with Crippen LogP contribution in [0.3, 0.4) is 0 Å². The molecule has 1 aromatic carbocycles. The van der Waals surface area contributed by atoms with Crippen molar-refractivity contribution in [3.8, 4) is 23.3 Å². The maximum Gasteiger partial charge on any atom is 0.261 e. The number of benzene rings is 1. The van der Waals surface area contributed by atoms with Crippen LogP contribution in [0.1, 0.15) is 29.8 Å². The molecule has 0 unspecified atom stereocenters. The van der Waals surface area contributed by atoms with E-state index in [2.05, 4.69) is 16.2 Å². The van der Waals surface area contributed by atoms with Gasteiger partial charge in [-0.25, -0.2) is 4.98 Å². The van der Waals surface area contributed by atoms with E-state index in [4.69, 9.17) is 14.2 Å². The van der Waals surface area contributed by atoms with Crippen LogP contribution in [-0.4, -0.2) is 41.1 Å². The fraction of sp³-hybridized carbons (Fsp3) is 0.350. The fourth-order valence-electron chi connectivity index (χ4n) is 3.53. The molecule has 4 rings (SSSR count). The number of piperidine rings is 1. The van der Waals surface area contributed by atoms with Gasteiger partial charge in [0.25, 0.3) is 5.89 Å². The number of fused-ring (bicyclic) bond motifs is 1. The summed E-state index contributed by atoms with van der Waals surface area (Å²) in [6, 6.07) is 5.74. The lowest BCUT2D eigenvalue weighted by atomic mass is 9.99. The Balaban J connectivity index is 2.02. The highest BCUT2D eigenvalue weighted by Crippen LogP contribution is 2.38. The number of carbonyl (C=O) groups is 1. The summed E-state index contributed by atoms with van der Waals surface area (Å²) in [7, 11) is 1.56. The number of ether oxygens (including phenoxy) is 1. The lowest BCUT2D eigenvalue weighted by Gasteiger charge is -2.29. The molecule has 0 N–H and O–H groups in total. The Kier molecular flexibility index (Phi) is 4.43. The molecule has 2 aromatic heterocycles. The predicted octanol–water partition coefficient (Wildman–Crippen LogP) is 2.95. The largest absolute Gasteiger partial charge is 0.497 e. The average molecular weight is 377 g/mol. The Labute approximate surface area is 161 Å². The number of Topliss-reactive ketones (excluding diaryl/α,β-unsaturated/α-hetero) is 1. The zero-order chi connectivity index (χ0) is 19.8. The minimum Gasteiger partial charge on any atom is -0.497 e. The van der Waals surface area contributed by atoms with E-state index in [0.717, 1.165) is 16.5 Å². The van der Waals surface area contributed by atoms with E-state index < -0.39 is 0 Å². The van der Waals surface area contributed by atoms with Crippen molar-refractivity contribution in [3.05, 3.63) is 29.1 Å². The zero-order valence-corrected chi connectivity index (χ0v) is 15.9. The van der Waals surface area contributed by atoms with Crippen LogP contribution in [0, 0.1) is 25.2 Å². The summed E-state index contributed by atoms with van der Waals surface area (Å²) in [4.78, 5) is 23.0. The quantitative estimate of drug-likeness (QED) is 0.686. The van der Waals surface area contributed by atoms with Crippen molar-refractivity contribution in [2.75, 3.05) is 25.1 Å². The fourth-order valence-corrected chi connectivity index (χ4v) is 3.53. The Morgan fingerprint density at radius 2 is 1.96 bits per heavy atom. The van der Waals surface area contributed by atoms with E-state index in [0.29, 0.717) is 60.3 Å². The average Bonchev–Trinajstić information content (AvgIpc) is 3.13. The number of nitriles is 1. The monoisotopic (exact) mass is 377 g/mol. The van der Waals surface area contributed by atoms with Crippen molar-refractivity contribution in [1.82, 2.24) is 15.1 Å². The first-order chi connectivity index (χ1) is 13.5. The van der Waals surface area contributed by atoms with Crippen LogP contribution in [0.2, 0.25) is 0 Å². The van der Waals surface area contributed by atoms with Crippen LogP contribution < -0.4 is 9.64 Å². The molecule has 0 radical (unpaired) electrons. The number of anilines is 1. The first kappa shape index (κ1) is 17.9. The predicted molar refractivity (Wildman–Crippen MR) is 102 cm³/mol. The molecule has 0 amide bonds. The second kappa shape index (κ2) is 6.93. The molecule has 0 atom stereocenters. The van der Waals surface area contributed by atoms with Gasteiger partial charge in [-0.1, -0.05) is 5.16 Å². The molecule has 3 aromatic rings. The van der Waals surface area contributed by atoms with Crippen LogP contribution in [0.25, 0.3) is 22.4 Å². The van der Waals surface area contributed by atoms with Crippen LogP contribution in [0.5, 0.6) is 5.75 Å². The van der Waals surface area contributed by atoms with Gasteiger partial charge in [-0.2, -0.15) is 10.2 Å². The van der Waals surface area contributed by atoms with Gasteiger partial charge < -0.3 is 14.2 Å². The standard InChI is InChI=1S/C20H19N5O3/c1-11-16-9-15(27-3)8-13(10-21)18(16)23-19(25-6-4-14(26)5-7-25)17(11)20-22-12(2)24-28-20/h8-9H,4-7H2,1-3H3. The number of carbonyl (C=O) groups excluding carboxylic acids is 1. The first-order valence-corrected chi connectivity index (χ1v) is 9.01. The molecular weight excluding hydrogens is 358 g/mol. The summed E-state index contributed by atoms with van der Waals surface area (Å²) in [5.41, 5.74) is 2.61. The summed E-state index contributed by atoms with van der Waals surface area (Å²) in [6.07, 6.45) is 0.934. The van der Waals surface area contributed by atoms with Crippen LogP contribution in [-0.2, 0) is 4.79 Å². The number of nitrogens with zero attached hydrogens (tertiary/aromatic N) is 5. The number of ketones is 1. The Morgan fingerprint density at radius 3 is 2.57 bits per heavy atom. The highest BCUT2D eigenvalue weighted by atomic mass is 16.5. The second-order valence-corrected chi connectivity index (χ2v) is 6.79. The topological polar surface area (TPSA) is 105 Å². The van der Waals surface area contributed by atoms with Gasteiger partial charge in [0.1, 0.15) is 23.4 Å². The highest BCUT2D eigenvalue weighted by Gasteiger charge is 2.26. The third kappa shape index (κ3) is 2.95. The molecule has 1 fully saturated rings. The van der Waals surface area contributed by atoms with Gasteiger partial charge in [0.15, 0.2) is 5.82 Å². The van der Waals surface area contributed by atoms with E-state index >= 15 is 0 Å². The van der Waals surface area contributed by atoms with Gasteiger partial charge in [0, 0.05) is 37.4 Å². The number of aryl methyl sites for hydroxylation is 2. The van der Waals surface area contributed by atoms with E-state index in [1.54, 1.807) is 20.1 Å². The zero-order valence-electron chi connectivity index (χ0n) is 15.9. The van der Waals surface area contributed by atoms with Crippen molar-refractivity contribution in [1.29, 1.82) is 5.26 Å². The first-order valence-electron chi connectivity index (χ1n) is 9.01.